The van der Waals surface area contributed by atoms with E-state index in [1.54, 1.807) is 17.9 Å². The molecule has 20 heavy (non-hydrogen) atoms. The number of aromatic nitrogens is 1. The summed E-state index contributed by atoms with van der Waals surface area (Å²) in [6, 6.07) is 3.14. The Balaban J connectivity index is 2.21. The molecule has 0 radical (unpaired) electrons. The van der Waals surface area contributed by atoms with Gasteiger partial charge in [0, 0.05) is 32.4 Å². The van der Waals surface area contributed by atoms with Crippen molar-refractivity contribution in [3.05, 3.63) is 23.5 Å². The van der Waals surface area contributed by atoms with Crippen LogP contribution in [-0.4, -0.2) is 53.6 Å². The van der Waals surface area contributed by atoms with E-state index >= 15 is 0 Å². The molecule has 1 amide bonds. The summed E-state index contributed by atoms with van der Waals surface area (Å²) in [6.45, 7) is 5.66. The number of hydrogen-bond acceptors (Lipinski definition) is 4. The molecule has 1 fully saturated rings. The van der Waals surface area contributed by atoms with Crippen molar-refractivity contribution in [3.8, 4) is 0 Å². The minimum absolute atomic E-state index is 0.125. The molecular formula is C14H21N3O3. The van der Waals surface area contributed by atoms with Crippen molar-refractivity contribution in [1.82, 2.24) is 14.8 Å². The second-order valence-electron chi connectivity index (χ2n) is 4.89. The quantitative estimate of drug-likeness (QED) is 0.809. The van der Waals surface area contributed by atoms with Gasteiger partial charge in [0.2, 0.25) is 0 Å². The summed E-state index contributed by atoms with van der Waals surface area (Å²) in [6.07, 6.45) is 0. The molecule has 2 heterocycles. The van der Waals surface area contributed by atoms with Crippen molar-refractivity contribution in [3.63, 3.8) is 0 Å². The maximum Gasteiger partial charge on any atom is 0.330 e. The number of nitrogens with one attached hydrogen (secondary N) is 1. The Bertz CT molecular complexity index is 510. The first-order chi connectivity index (χ1) is 9.56. The first-order valence-electron chi connectivity index (χ1n) is 6.87. The maximum atomic E-state index is 12.6. The van der Waals surface area contributed by atoms with Gasteiger partial charge in [-0.1, -0.05) is 0 Å². The summed E-state index contributed by atoms with van der Waals surface area (Å²) < 4.78 is 6.89. The maximum absolute atomic E-state index is 12.6. The van der Waals surface area contributed by atoms with E-state index in [9.17, 15) is 9.59 Å². The Hall–Kier alpha value is -1.82. The van der Waals surface area contributed by atoms with E-state index < -0.39 is 6.04 Å². The summed E-state index contributed by atoms with van der Waals surface area (Å²) >= 11 is 0. The Labute approximate surface area is 118 Å². The summed E-state index contributed by atoms with van der Waals surface area (Å²) in [5.74, 6) is -0.473. The molecule has 1 atom stereocenters. The summed E-state index contributed by atoms with van der Waals surface area (Å²) in [7, 11) is 1.85. The lowest BCUT2D eigenvalue weighted by molar-refractivity contribution is -0.149. The van der Waals surface area contributed by atoms with Gasteiger partial charge in [0.25, 0.3) is 5.91 Å². The third-order valence-electron chi connectivity index (χ3n) is 3.65. The van der Waals surface area contributed by atoms with Gasteiger partial charge in [-0.3, -0.25) is 4.79 Å². The summed E-state index contributed by atoms with van der Waals surface area (Å²) in [5, 5.41) is 3.13. The number of piperazine rings is 1. The van der Waals surface area contributed by atoms with Crippen molar-refractivity contribution in [2.75, 3.05) is 26.2 Å². The molecule has 0 aromatic carbocycles. The van der Waals surface area contributed by atoms with E-state index in [1.807, 2.05) is 24.6 Å². The number of carbonyl (C=O) groups excluding carboxylic acids is 2. The second-order valence-corrected chi connectivity index (χ2v) is 4.89. The van der Waals surface area contributed by atoms with Gasteiger partial charge in [-0.2, -0.15) is 0 Å². The minimum Gasteiger partial charge on any atom is -0.464 e. The molecule has 2 rings (SSSR count). The van der Waals surface area contributed by atoms with Gasteiger partial charge in [0.05, 0.1) is 6.61 Å². The lowest BCUT2D eigenvalue weighted by Gasteiger charge is -2.34. The number of esters is 1. The molecule has 1 aliphatic heterocycles. The van der Waals surface area contributed by atoms with Gasteiger partial charge in [0.1, 0.15) is 11.7 Å². The highest BCUT2D eigenvalue weighted by Crippen LogP contribution is 2.14. The van der Waals surface area contributed by atoms with E-state index in [-0.39, 0.29) is 11.9 Å². The van der Waals surface area contributed by atoms with Gasteiger partial charge < -0.3 is 19.5 Å². The Morgan fingerprint density at radius 2 is 2.20 bits per heavy atom. The number of rotatable bonds is 3. The number of nitrogens with zero attached hydrogens (tertiary/aromatic N) is 2. The van der Waals surface area contributed by atoms with E-state index in [0.29, 0.717) is 31.9 Å². The zero-order valence-electron chi connectivity index (χ0n) is 12.2. The molecule has 1 aromatic rings. The van der Waals surface area contributed by atoms with Gasteiger partial charge in [-0.15, -0.1) is 0 Å². The van der Waals surface area contributed by atoms with Crippen molar-refractivity contribution in [1.29, 1.82) is 0 Å². The van der Waals surface area contributed by atoms with E-state index in [2.05, 4.69) is 5.32 Å². The lowest BCUT2D eigenvalue weighted by Crippen LogP contribution is -2.57. The number of amides is 1. The highest BCUT2D eigenvalue weighted by molar-refractivity contribution is 5.96. The molecule has 1 saturated heterocycles. The molecule has 0 saturated carbocycles. The SMILES string of the molecule is CCOC(=O)C1CNCCN1C(=O)c1ccc(C)n1C. The van der Waals surface area contributed by atoms with Crippen LogP contribution in [0.2, 0.25) is 0 Å². The average molecular weight is 279 g/mol. The van der Waals surface area contributed by atoms with Crippen LogP contribution in [0.4, 0.5) is 0 Å². The van der Waals surface area contributed by atoms with Crippen LogP contribution >= 0.6 is 0 Å². The normalized spacial score (nSPS) is 18.9. The Kier molecular flexibility index (Phi) is 4.44. The molecule has 0 bridgehead atoms. The van der Waals surface area contributed by atoms with Crippen LogP contribution in [0.3, 0.4) is 0 Å². The molecule has 1 N–H and O–H groups in total. The van der Waals surface area contributed by atoms with Crippen LogP contribution in [0.5, 0.6) is 0 Å². The van der Waals surface area contributed by atoms with Crippen molar-refractivity contribution < 1.29 is 14.3 Å². The van der Waals surface area contributed by atoms with Crippen molar-refractivity contribution in [2.24, 2.45) is 7.05 Å². The third-order valence-corrected chi connectivity index (χ3v) is 3.65. The molecule has 0 aliphatic carbocycles. The van der Waals surface area contributed by atoms with Crippen LogP contribution in [0.1, 0.15) is 23.1 Å². The Morgan fingerprint density at radius 3 is 2.80 bits per heavy atom. The topological polar surface area (TPSA) is 63.6 Å². The summed E-state index contributed by atoms with van der Waals surface area (Å²) in [4.78, 5) is 26.2. The number of hydrogen-bond donors (Lipinski definition) is 1. The van der Waals surface area contributed by atoms with Crippen molar-refractivity contribution >= 4 is 11.9 Å². The van der Waals surface area contributed by atoms with Gasteiger partial charge >= 0.3 is 5.97 Å². The number of aryl methyl sites for hydroxylation is 1. The molecule has 0 spiro atoms. The second kappa shape index (κ2) is 6.09. The van der Waals surface area contributed by atoms with E-state index in [4.69, 9.17) is 4.74 Å². The zero-order valence-corrected chi connectivity index (χ0v) is 12.2. The highest BCUT2D eigenvalue weighted by Gasteiger charge is 2.34. The molecule has 1 aromatic heterocycles. The Morgan fingerprint density at radius 1 is 1.45 bits per heavy atom. The van der Waals surface area contributed by atoms with Gasteiger partial charge in [-0.25, -0.2) is 4.79 Å². The molecule has 1 aliphatic rings. The predicted octanol–water partition coefficient (Wildman–Crippen LogP) is 0.311. The fourth-order valence-electron chi connectivity index (χ4n) is 2.37. The third kappa shape index (κ3) is 2.70. The number of ether oxygens (including phenoxy) is 1. The average Bonchev–Trinajstić information content (AvgIpc) is 2.78. The smallest absolute Gasteiger partial charge is 0.330 e. The molecule has 6 nitrogen and oxygen atoms in total. The number of carbonyl (C=O) groups is 2. The van der Waals surface area contributed by atoms with Crippen LogP contribution in [-0.2, 0) is 16.6 Å². The van der Waals surface area contributed by atoms with Gasteiger partial charge in [0.15, 0.2) is 0 Å². The molecular weight excluding hydrogens is 258 g/mol. The predicted molar refractivity (Wildman–Crippen MR) is 74.5 cm³/mol. The largest absolute Gasteiger partial charge is 0.464 e. The molecule has 6 heteroatoms. The first-order valence-corrected chi connectivity index (χ1v) is 6.87. The van der Waals surface area contributed by atoms with Crippen LogP contribution in [0.15, 0.2) is 12.1 Å². The van der Waals surface area contributed by atoms with E-state index in [1.165, 1.54) is 0 Å². The van der Waals surface area contributed by atoms with Crippen LogP contribution in [0.25, 0.3) is 0 Å². The fourth-order valence-corrected chi connectivity index (χ4v) is 2.37. The van der Waals surface area contributed by atoms with Crippen molar-refractivity contribution in [2.45, 2.75) is 19.9 Å². The zero-order chi connectivity index (χ0) is 14.7. The van der Waals surface area contributed by atoms with E-state index in [0.717, 1.165) is 5.69 Å². The monoisotopic (exact) mass is 279 g/mol. The minimum atomic E-state index is -0.550. The fraction of sp³-hybridized carbons (Fsp3) is 0.571. The molecule has 1 unspecified atom stereocenters. The molecule has 110 valence electrons. The first kappa shape index (κ1) is 14.6. The standard InChI is InChI=1S/C14H21N3O3/c1-4-20-14(19)12-9-15-7-8-17(12)13(18)11-6-5-10(2)16(11)3/h5-6,12,15H,4,7-9H2,1-3H3. The van der Waals surface area contributed by atoms with Crippen LogP contribution in [0, 0.1) is 6.92 Å². The summed E-state index contributed by atoms with van der Waals surface area (Å²) in [5.41, 5.74) is 1.61. The lowest BCUT2D eigenvalue weighted by atomic mass is 10.1. The highest BCUT2D eigenvalue weighted by atomic mass is 16.5. The van der Waals surface area contributed by atoms with Gasteiger partial charge in [-0.05, 0) is 26.0 Å². The van der Waals surface area contributed by atoms with Crippen LogP contribution < -0.4 is 5.32 Å².